The number of rotatable bonds is 4. The molecule has 0 spiro atoms. The zero-order chi connectivity index (χ0) is 19.7. The number of aryl methyl sites for hydroxylation is 2. The van der Waals surface area contributed by atoms with Crippen LogP contribution in [-0.4, -0.2) is 11.8 Å². The molecule has 1 unspecified atom stereocenters. The number of nitrogens with one attached hydrogen (secondary N) is 2. The number of carbonyl (C=O) groups excluding carboxylic acids is 2. The monoisotopic (exact) mass is 414 g/mol. The fourth-order valence-electron chi connectivity index (χ4n) is 3.45. The molecule has 0 bridgehead atoms. The van der Waals surface area contributed by atoms with Gasteiger partial charge in [-0.15, -0.1) is 11.3 Å². The number of hydrogen-bond donors (Lipinski definition) is 2. The number of thiophene rings is 1. The molecule has 2 heterocycles. The second kappa shape index (κ2) is 7.81. The highest BCUT2D eigenvalue weighted by Gasteiger charge is 2.26. The van der Waals surface area contributed by atoms with Crippen molar-refractivity contribution in [2.45, 2.75) is 32.2 Å². The van der Waals surface area contributed by atoms with Crippen LogP contribution >= 0.6 is 22.9 Å². The van der Waals surface area contributed by atoms with Gasteiger partial charge in [-0.3, -0.25) is 9.59 Å². The van der Waals surface area contributed by atoms with Gasteiger partial charge in [0.2, 0.25) is 0 Å². The van der Waals surface area contributed by atoms with Crippen LogP contribution in [0.3, 0.4) is 0 Å². The van der Waals surface area contributed by atoms with E-state index < -0.39 is 0 Å². The van der Waals surface area contributed by atoms with Crippen molar-refractivity contribution in [3.05, 3.63) is 75.0 Å². The number of halogens is 1. The van der Waals surface area contributed by atoms with Gasteiger partial charge in [-0.25, -0.2) is 0 Å². The molecule has 1 aliphatic rings. The molecule has 4 rings (SSSR count). The maximum absolute atomic E-state index is 12.8. The van der Waals surface area contributed by atoms with Crippen LogP contribution in [0.1, 0.15) is 55.8 Å². The van der Waals surface area contributed by atoms with Crippen LogP contribution in [0.2, 0.25) is 5.02 Å². The molecule has 0 fully saturated rings. The zero-order valence-corrected chi connectivity index (χ0v) is 16.8. The minimum Gasteiger partial charge on any atom is -0.469 e. The molecule has 1 aromatic carbocycles. The first-order valence-corrected chi connectivity index (χ1v) is 10.3. The fourth-order valence-corrected chi connectivity index (χ4v) is 4.65. The molecule has 5 nitrogen and oxygen atoms in total. The Morgan fingerprint density at radius 2 is 2.04 bits per heavy atom. The molecular formula is C21H19ClN2O3S. The molecule has 2 amide bonds. The van der Waals surface area contributed by atoms with Gasteiger partial charge in [0.25, 0.3) is 11.8 Å². The molecule has 2 aromatic heterocycles. The second-order valence-corrected chi connectivity index (χ2v) is 8.23. The van der Waals surface area contributed by atoms with Gasteiger partial charge < -0.3 is 15.1 Å². The van der Waals surface area contributed by atoms with Crippen molar-refractivity contribution in [2.24, 2.45) is 0 Å². The zero-order valence-electron chi connectivity index (χ0n) is 15.3. The third-order valence-corrected chi connectivity index (χ3v) is 6.32. The summed E-state index contributed by atoms with van der Waals surface area (Å²) in [5, 5.41) is 6.93. The predicted molar refractivity (Wildman–Crippen MR) is 110 cm³/mol. The SMILES string of the molecule is Cc1cc(NC(=O)c2ccccc2Cl)sc1C(=O)NC1CCCc2occc21. The Morgan fingerprint density at radius 3 is 2.86 bits per heavy atom. The Morgan fingerprint density at radius 1 is 1.21 bits per heavy atom. The number of furan rings is 1. The number of hydrogen-bond acceptors (Lipinski definition) is 4. The van der Waals surface area contributed by atoms with Gasteiger partial charge in [0.05, 0.1) is 32.8 Å². The van der Waals surface area contributed by atoms with E-state index in [0.29, 0.717) is 20.5 Å². The van der Waals surface area contributed by atoms with Crippen LogP contribution in [0.4, 0.5) is 5.00 Å². The Balaban J connectivity index is 1.48. The average Bonchev–Trinajstić information content (AvgIpc) is 3.29. The Hall–Kier alpha value is -2.57. The van der Waals surface area contributed by atoms with E-state index in [-0.39, 0.29) is 17.9 Å². The molecular weight excluding hydrogens is 396 g/mol. The normalized spacial score (nSPS) is 15.7. The van der Waals surface area contributed by atoms with E-state index in [2.05, 4.69) is 10.6 Å². The third-order valence-electron chi connectivity index (χ3n) is 4.84. The highest BCUT2D eigenvalue weighted by molar-refractivity contribution is 7.18. The quantitative estimate of drug-likeness (QED) is 0.603. The molecule has 7 heteroatoms. The maximum atomic E-state index is 12.8. The van der Waals surface area contributed by atoms with E-state index in [1.54, 1.807) is 36.6 Å². The van der Waals surface area contributed by atoms with Crippen molar-refractivity contribution < 1.29 is 14.0 Å². The summed E-state index contributed by atoms with van der Waals surface area (Å²) in [6.07, 6.45) is 4.45. The molecule has 0 saturated carbocycles. The molecule has 3 aromatic rings. The first kappa shape index (κ1) is 18.8. The molecule has 2 N–H and O–H groups in total. The number of amides is 2. The lowest BCUT2D eigenvalue weighted by Gasteiger charge is -2.22. The van der Waals surface area contributed by atoms with Crippen LogP contribution in [0.5, 0.6) is 0 Å². The minimum atomic E-state index is -0.297. The molecule has 0 radical (unpaired) electrons. The van der Waals surface area contributed by atoms with Gasteiger partial charge in [-0.1, -0.05) is 23.7 Å². The summed E-state index contributed by atoms with van der Waals surface area (Å²) >= 11 is 7.34. The number of benzene rings is 1. The van der Waals surface area contributed by atoms with E-state index in [0.717, 1.165) is 36.1 Å². The van der Waals surface area contributed by atoms with E-state index in [9.17, 15) is 9.59 Å². The lowest BCUT2D eigenvalue weighted by atomic mass is 9.93. The summed E-state index contributed by atoms with van der Waals surface area (Å²) in [5.74, 6) is 0.515. The molecule has 0 aliphatic heterocycles. The van der Waals surface area contributed by atoms with Gasteiger partial charge in [-0.05, 0) is 49.6 Å². The first-order valence-electron chi connectivity index (χ1n) is 9.06. The van der Waals surface area contributed by atoms with Gasteiger partial charge in [0.1, 0.15) is 5.76 Å². The van der Waals surface area contributed by atoms with Crippen LogP contribution in [0, 0.1) is 6.92 Å². The van der Waals surface area contributed by atoms with Crippen LogP contribution in [-0.2, 0) is 6.42 Å². The third kappa shape index (κ3) is 3.70. The summed E-state index contributed by atoms with van der Waals surface area (Å²) in [6, 6.07) is 10.5. The van der Waals surface area contributed by atoms with E-state index in [1.807, 2.05) is 13.0 Å². The van der Waals surface area contributed by atoms with Gasteiger partial charge in [0.15, 0.2) is 0 Å². The highest BCUT2D eigenvalue weighted by atomic mass is 35.5. The Labute approximate surface area is 171 Å². The largest absolute Gasteiger partial charge is 0.469 e. The molecule has 1 aliphatic carbocycles. The Bertz CT molecular complexity index is 1040. The highest BCUT2D eigenvalue weighted by Crippen LogP contribution is 2.32. The topological polar surface area (TPSA) is 71.3 Å². The van der Waals surface area contributed by atoms with Gasteiger partial charge >= 0.3 is 0 Å². The van der Waals surface area contributed by atoms with Crippen molar-refractivity contribution in [1.29, 1.82) is 0 Å². The molecule has 0 saturated heterocycles. The van der Waals surface area contributed by atoms with E-state index >= 15 is 0 Å². The van der Waals surface area contributed by atoms with E-state index in [4.69, 9.17) is 16.0 Å². The number of fused-ring (bicyclic) bond motifs is 1. The van der Waals surface area contributed by atoms with Crippen LogP contribution < -0.4 is 10.6 Å². The second-order valence-electron chi connectivity index (χ2n) is 6.77. The Kier molecular flexibility index (Phi) is 5.24. The minimum absolute atomic E-state index is 0.0438. The summed E-state index contributed by atoms with van der Waals surface area (Å²) in [4.78, 5) is 25.9. The number of carbonyl (C=O) groups is 2. The number of anilines is 1. The van der Waals surface area contributed by atoms with Crippen molar-refractivity contribution in [2.75, 3.05) is 5.32 Å². The molecule has 1 atom stereocenters. The lowest BCUT2D eigenvalue weighted by molar-refractivity contribution is 0.0935. The lowest BCUT2D eigenvalue weighted by Crippen LogP contribution is -2.30. The van der Waals surface area contributed by atoms with Crippen molar-refractivity contribution in [3.8, 4) is 0 Å². The average molecular weight is 415 g/mol. The van der Waals surface area contributed by atoms with Crippen LogP contribution in [0.25, 0.3) is 0 Å². The predicted octanol–water partition coefficient (Wildman–Crippen LogP) is 5.36. The van der Waals surface area contributed by atoms with Crippen molar-refractivity contribution in [1.82, 2.24) is 5.32 Å². The summed E-state index contributed by atoms with van der Waals surface area (Å²) in [7, 11) is 0. The maximum Gasteiger partial charge on any atom is 0.262 e. The summed E-state index contributed by atoms with van der Waals surface area (Å²) in [6.45, 7) is 1.86. The van der Waals surface area contributed by atoms with Crippen LogP contribution in [0.15, 0.2) is 47.1 Å². The van der Waals surface area contributed by atoms with Gasteiger partial charge in [0, 0.05) is 12.0 Å². The summed E-state index contributed by atoms with van der Waals surface area (Å²) < 4.78 is 5.49. The van der Waals surface area contributed by atoms with Crippen molar-refractivity contribution in [3.63, 3.8) is 0 Å². The first-order chi connectivity index (χ1) is 13.5. The molecule has 28 heavy (non-hydrogen) atoms. The van der Waals surface area contributed by atoms with E-state index in [1.165, 1.54) is 11.3 Å². The van der Waals surface area contributed by atoms with Crippen molar-refractivity contribution >= 4 is 39.8 Å². The summed E-state index contributed by atoms with van der Waals surface area (Å²) in [5.41, 5.74) is 2.28. The van der Waals surface area contributed by atoms with Gasteiger partial charge in [-0.2, -0.15) is 0 Å². The molecule has 144 valence electrons. The fraction of sp³-hybridized carbons (Fsp3) is 0.238. The standard InChI is InChI=1S/C21H19ClN2O3S/c1-12-11-18(24-20(25)13-5-2-3-6-15(13)22)28-19(12)21(26)23-16-7-4-8-17-14(16)9-10-27-17/h2-3,5-6,9-11,16H,4,7-8H2,1H3,(H,23,26)(H,24,25). The smallest absolute Gasteiger partial charge is 0.262 e.